The third-order valence-electron chi connectivity index (χ3n) is 7.08. The van der Waals surface area contributed by atoms with Gasteiger partial charge in [-0.1, -0.05) is 68.6 Å². The first-order valence-electron chi connectivity index (χ1n) is 15.6. The Balaban J connectivity index is -0.000000793. The number of ether oxygens (including phenoxy) is 4. The third-order valence-corrected chi connectivity index (χ3v) is 7.08. The van der Waals surface area contributed by atoms with Gasteiger partial charge in [-0.05, 0) is 69.7 Å². The fourth-order valence-corrected chi connectivity index (χ4v) is 4.27. The SMILES string of the molecule is C=C(C)C(=O)OC.C=C(C)C(=O)OCc1ccccc1C=C(F)F.CCC(C)(CC(C)(C)C(=O)OC)C(=O)OCc1ccccc1C=C(F)F.[B].[NH]=[Al]. The van der Waals surface area contributed by atoms with Crippen molar-refractivity contribution in [3.05, 3.63) is 107 Å². The van der Waals surface area contributed by atoms with Crippen LogP contribution in [0.3, 0.4) is 0 Å². The summed E-state index contributed by atoms with van der Waals surface area (Å²) in [4.78, 5) is 45.9. The summed E-state index contributed by atoms with van der Waals surface area (Å²) in [5, 5.41) is 0. The molecule has 0 spiro atoms. The Morgan fingerprint density at radius 1 is 0.717 bits per heavy atom. The number of nitrogens with one attached hydrogen (secondary N) is 1. The van der Waals surface area contributed by atoms with Gasteiger partial charge < -0.3 is 18.9 Å². The number of hydrogen-bond donors (Lipinski definition) is 1. The van der Waals surface area contributed by atoms with E-state index in [0.717, 1.165) is 12.2 Å². The Bertz CT molecular complexity index is 1590. The van der Waals surface area contributed by atoms with E-state index in [4.69, 9.17) is 18.6 Å². The predicted molar refractivity (Wildman–Crippen MR) is 198 cm³/mol. The van der Waals surface area contributed by atoms with Crippen LogP contribution in [0.1, 0.15) is 76.6 Å². The molecule has 1 unspecified atom stereocenters. The number of carbonyl (C=O) groups excluding carboxylic acids is 4. The van der Waals surface area contributed by atoms with Crippen LogP contribution in [0.4, 0.5) is 17.6 Å². The maximum atomic E-state index is 12.7. The van der Waals surface area contributed by atoms with Gasteiger partial charge in [-0.3, -0.25) is 9.59 Å². The Morgan fingerprint density at radius 2 is 1.11 bits per heavy atom. The molecule has 0 fully saturated rings. The van der Waals surface area contributed by atoms with Gasteiger partial charge in [0, 0.05) is 31.7 Å². The number of hydrogen-bond acceptors (Lipinski definition) is 9. The molecule has 2 rings (SSSR count). The van der Waals surface area contributed by atoms with Crippen molar-refractivity contribution in [3.63, 3.8) is 0 Å². The van der Waals surface area contributed by atoms with Gasteiger partial charge in [-0.2, -0.15) is 17.6 Å². The second kappa shape index (κ2) is 27.1. The monoisotopic (exact) mass is 759 g/mol. The van der Waals surface area contributed by atoms with Crippen LogP contribution >= 0.6 is 0 Å². The summed E-state index contributed by atoms with van der Waals surface area (Å²) in [6, 6.07) is 13.0. The van der Waals surface area contributed by atoms with E-state index in [9.17, 15) is 36.7 Å². The van der Waals surface area contributed by atoms with Crippen LogP contribution < -0.4 is 0 Å². The van der Waals surface area contributed by atoms with Crippen molar-refractivity contribution in [1.29, 1.82) is 4.35 Å². The molecule has 0 aliphatic heterocycles. The molecule has 0 aliphatic carbocycles. The predicted octanol–water partition coefficient (Wildman–Crippen LogP) is 8.79. The number of carbonyl (C=O) groups is 4. The summed E-state index contributed by atoms with van der Waals surface area (Å²) < 4.78 is 74.5. The van der Waals surface area contributed by atoms with Crippen LogP contribution in [0.25, 0.3) is 12.2 Å². The molecule has 1 atom stereocenters. The molecule has 286 valence electrons. The van der Waals surface area contributed by atoms with Gasteiger partial charge in [0.2, 0.25) is 0 Å². The van der Waals surface area contributed by atoms with E-state index >= 15 is 0 Å². The van der Waals surface area contributed by atoms with Gasteiger partial charge in [-0.15, -0.1) is 0 Å². The van der Waals surface area contributed by atoms with Crippen molar-refractivity contribution >= 4 is 60.5 Å². The van der Waals surface area contributed by atoms with Crippen LogP contribution in [0.15, 0.2) is 85.0 Å². The summed E-state index contributed by atoms with van der Waals surface area (Å²) >= 11 is 1.67. The molecule has 0 amide bonds. The zero-order valence-electron chi connectivity index (χ0n) is 31.4. The Hall–Kier alpha value is -4.60. The van der Waals surface area contributed by atoms with Crippen LogP contribution in [0.5, 0.6) is 0 Å². The Labute approximate surface area is 319 Å². The molecule has 53 heavy (non-hydrogen) atoms. The van der Waals surface area contributed by atoms with Crippen LogP contribution in [0, 0.1) is 15.2 Å². The molecule has 0 heterocycles. The molecule has 0 aromatic heterocycles. The van der Waals surface area contributed by atoms with Crippen LogP contribution in [-0.4, -0.2) is 62.6 Å². The summed E-state index contributed by atoms with van der Waals surface area (Å²) in [6.45, 7) is 16.7. The maximum absolute atomic E-state index is 12.7. The van der Waals surface area contributed by atoms with Crippen molar-refractivity contribution in [2.75, 3.05) is 14.2 Å². The van der Waals surface area contributed by atoms with Crippen molar-refractivity contribution in [2.45, 2.75) is 67.6 Å². The van der Waals surface area contributed by atoms with E-state index in [-0.39, 0.29) is 39.6 Å². The molecule has 0 aliphatic rings. The second-order valence-corrected chi connectivity index (χ2v) is 11.9. The molecule has 15 heteroatoms. The third kappa shape index (κ3) is 20.9. The van der Waals surface area contributed by atoms with Crippen molar-refractivity contribution in [2.24, 2.45) is 10.8 Å². The average molecular weight is 760 g/mol. The molecule has 1 N–H and O–H groups in total. The van der Waals surface area contributed by atoms with Gasteiger partial charge in [0.25, 0.3) is 12.2 Å². The van der Waals surface area contributed by atoms with Gasteiger partial charge in [0.05, 0.1) is 25.0 Å². The summed E-state index contributed by atoms with van der Waals surface area (Å²) in [5.74, 6) is -1.76. The number of esters is 4. The molecule has 0 bridgehead atoms. The first-order valence-corrected chi connectivity index (χ1v) is 16.1. The normalized spacial score (nSPS) is 10.8. The molecule has 0 saturated carbocycles. The summed E-state index contributed by atoms with van der Waals surface area (Å²) in [5.41, 5.74) is 0.603. The van der Waals surface area contributed by atoms with E-state index in [1.165, 1.54) is 33.3 Å². The molecule has 0 saturated heterocycles. The van der Waals surface area contributed by atoms with E-state index in [2.05, 4.69) is 17.9 Å². The number of methoxy groups -OCH3 is 2. The number of rotatable bonds is 13. The first kappa shape index (κ1) is 52.8. The minimum atomic E-state index is -1.82. The van der Waals surface area contributed by atoms with Crippen LogP contribution in [-0.2, 0) is 51.3 Å². The second-order valence-electron chi connectivity index (χ2n) is 11.9. The zero-order valence-corrected chi connectivity index (χ0v) is 32.6. The van der Waals surface area contributed by atoms with Gasteiger partial charge in [-0.25, -0.2) is 9.59 Å². The minimum absolute atomic E-state index is 0. The Morgan fingerprint density at radius 3 is 1.43 bits per heavy atom. The number of benzene rings is 2. The zero-order chi connectivity index (χ0) is 40.7. The van der Waals surface area contributed by atoms with E-state index in [0.29, 0.717) is 34.2 Å². The fraction of sp³-hybridized carbons (Fsp3) is 0.368. The van der Waals surface area contributed by atoms with E-state index in [1.54, 1.807) is 80.2 Å². The number of halogens is 4. The van der Waals surface area contributed by atoms with Gasteiger partial charge >= 0.3 is 44.3 Å². The molecule has 4 radical (unpaired) electrons. The summed E-state index contributed by atoms with van der Waals surface area (Å²) in [7, 11) is 2.64. The quantitative estimate of drug-likeness (QED) is 0.0706. The average Bonchev–Trinajstić information content (AvgIpc) is 3.10. The fourth-order valence-electron chi connectivity index (χ4n) is 4.27. The van der Waals surface area contributed by atoms with Crippen molar-refractivity contribution in [1.82, 2.24) is 0 Å². The molecular formula is C38H47AlBF4NO8. The van der Waals surface area contributed by atoms with E-state index < -0.39 is 40.9 Å². The first-order chi connectivity index (χ1) is 24.2. The van der Waals surface area contributed by atoms with Crippen LogP contribution in [0.2, 0.25) is 0 Å². The molecular weight excluding hydrogens is 712 g/mol. The standard InChI is InChI=1S/C20H26F2O4.C13H12F2O2.C5H8O2.Al.B.HN/c1-6-20(4,13-19(2,3)17(23)25-5)18(24)26-12-15-10-8-7-9-14(15)11-16(21)22;1-9(2)13(16)17-8-11-6-4-3-5-10(11)7-12(14)15;1-4(2)5(6)7-3;;;/h7-11H,6,12-13H2,1-5H3;3-7H,1,8H2,2H3;1H2,2-3H3;;;1H. The topological polar surface area (TPSA) is 129 Å². The van der Waals surface area contributed by atoms with Crippen molar-refractivity contribution in [3.8, 4) is 0 Å². The van der Waals surface area contributed by atoms with Gasteiger partial charge in [0.1, 0.15) is 13.2 Å². The molecule has 2 aromatic carbocycles. The molecule has 2 aromatic rings. The summed E-state index contributed by atoms with van der Waals surface area (Å²) in [6.07, 6.45) is -1.41. The van der Waals surface area contributed by atoms with E-state index in [1.807, 2.05) is 6.92 Å². The van der Waals surface area contributed by atoms with Gasteiger partial charge in [0.15, 0.2) is 0 Å². The molecule has 9 nitrogen and oxygen atoms in total. The Kier molecular flexibility index (Phi) is 26.9. The van der Waals surface area contributed by atoms with Crippen molar-refractivity contribution < 1.29 is 55.7 Å².